The van der Waals surface area contributed by atoms with Crippen molar-refractivity contribution in [2.45, 2.75) is 27.3 Å². The maximum Gasteiger partial charge on any atom is 0.248 e. The van der Waals surface area contributed by atoms with Crippen molar-refractivity contribution in [2.75, 3.05) is 25.6 Å². The first-order valence-corrected chi connectivity index (χ1v) is 9.32. The van der Waals surface area contributed by atoms with E-state index in [9.17, 15) is 9.18 Å². The van der Waals surface area contributed by atoms with Gasteiger partial charge < -0.3 is 14.8 Å². The number of nitrogens with zero attached hydrogens (tertiary/aromatic N) is 2. The summed E-state index contributed by atoms with van der Waals surface area (Å²) in [5, 5.41) is 7.50. The Balaban J connectivity index is 2.12. The van der Waals surface area contributed by atoms with E-state index < -0.39 is 11.7 Å². The van der Waals surface area contributed by atoms with Gasteiger partial charge in [-0.3, -0.25) is 9.48 Å². The zero-order valence-electron chi connectivity index (χ0n) is 16.5. The van der Waals surface area contributed by atoms with Crippen LogP contribution in [0.15, 0.2) is 24.3 Å². The van der Waals surface area contributed by atoms with Crippen LogP contribution in [0.5, 0.6) is 5.75 Å². The average molecular weight is 410 g/mol. The summed E-state index contributed by atoms with van der Waals surface area (Å²) in [5.74, 6) is -0.165. The number of anilines is 1. The van der Waals surface area contributed by atoms with E-state index in [1.807, 2.05) is 6.92 Å². The number of hydrogen-bond donors (Lipinski definition) is 1. The van der Waals surface area contributed by atoms with E-state index >= 15 is 0 Å². The Morgan fingerprint density at radius 2 is 2.14 bits per heavy atom. The fourth-order valence-electron chi connectivity index (χ4n) is 2.52. The van der Waals surface area contributed by atoms with E-state index in [4.69, 9.17) is 21.1 Å². The summed E-state index contributed by atoms with van der Waals surface area (Å²) in [6.45, 7) is 7.32. The van der Waals surface area contributed by atoms with Gasteiger partial charge in [-0.15, -0.1) is 0 Å². The molecule has 1 heterocycles. The molecule has 0 spiro atoms. The number of methoxy groups -OCH3 is 1. The van der Waals surface area contributed by atoms with Gasteiger partial charge in [0, 0.05) is 31.4 Å². The van der Waals surface area contributed by atoms with Crippen LogP contribution in [0.1, 0.15) is 25.1 Å². The third kappa shape index (κ3) is 6.07. The lowest BCUT2D eigenvalue weighted by atomic mass is 10.2. The third-order valence-electron chi connectivity index (χ3n) is 3.79. The topological polar surface area (TPSA) is 65.4 Å². The molecular formula is C20H25ClFN3O3. The number of aromatic nitrogens is 2. The molecule has 1 aromatic heterocycles. The summed E-state index contributed by atoms with van der Waals surface area (Å²) in [6, 6.07) is 3.92. The van der Waals surface area contributed by atoms with Gasteiger partial charge >= 0.3 is 0 Å². The molecule has 0 saturated heterocycles. The summed E-state index contributed by atoms with van der Waals surface area (Å²) in [6.07, 6.45) is 2.93. The highest BCUT2D eigenvalue weighted by molar-refractivity contribution is 6.31. The quantitative estimate of drug-likeness (QED) is 0.495. The highest BCUT2D eigenvalue weighted by atomic mass is 35.5. The van der Waals surface area contributed by atoms with Gasteiger partial charge in [0.1, 0.15) is 23.3 Å². The number of rotatable bonds is 9. The lowest BCUT2D eigenvalue weighted by molar-refractivity contribution is -0.111. The molecule has 0 atom stereocenters. The van der Waals surface area contributed by atoms with E-state index in [2.05, 4.69) is 24.3 Å². The minimum absolute atomic E-state index is 0.240. The molecule has 28 heavy (non-hydrogen) atoms. The number of benzene rings is 1. The van der Waals surface area contributed by atoms with E-state index in [1.165, 1.54) is 24.3 Å². The second-order valence-corrected chi connectivity index (χ2v) is 7.03. The van der Waals surface area contributed by atoms with Crippen LogP contribution in [0.25, 0.3) is 6.08 Å². The Labute approximate surface area is 169 Å². The molecular weight excluding hydrogens is 385 g/mol. The predicted octanol–water partition coefficient (Wildman–Crippen LogP) is 4.32. The van der Waals surface area contributed by atoms with Crippen molar-refractivity contribution in [3.63, 3.8) is 0 Å². The normalized spacial score (nSPS) is 11.4. The lowest BCUT2D eigenvalue weighted by Crippen LogP contribution is -2.11. The number of amides is 1. The van der Waals surface area contributed by atoms with Crippen molar-refractivity contribution in [2.24, 2.45) is 5.92 Å². The third-order valence-corrected chi connectivity index (χ3v) is 4.19. The van der Waals surface area contributed by atoms with Crippen molar-refractivity contribution in [1.82, 2.24) is 9.78 Å². The number of halogens is 2. The number of nitrogens with one attached hydrogen (secondary N) is 1. The highest BCUT2D eigenvalue weighted by Gasteiger charge is 2.13. The first kappa shape index (κ1) is 21.9. The van der Waals surface area contributed by atoms with Crippen LogP contribution in [0, 0.1) is 18.7 Å². The van der Waals surface area contributed by atoms with Crippen molar-refractivity contribution in [3.8, 4) is 5.75 Å². The molecule has 0 aliphatic heterocycles. The molecule has 0 fully saturated rings. The lowest BCUT2D eigenvalue weighted by Gasteiger charge is -2.11. The number of hydrogen-bond acceptors (Lipinski definition) is 4. The summed E-state index contributed by atoms with van der Waals surface area (Å²) >= 11 is 6.37. The van der Waals surface area contributed by atoms with Crippen LogP contribution in [-0.4, -0.2) is 36.0 Å². The van der Waals surface area contributed by atoms with Crippen LogP contribution < -0.4 is 10.1 Å². The summed E-state index contributed by atoms with van der Waals surface area (Å²) in [4.78, 5) is 12.3. The van der Waals surface area contributed by atoms with Crippen molar-refractivity contribution >= 4 is 29.3 Å². The molecule has 0 saturated carbocycles. The van der Waals surface area contributed by atoms with Gasteiger partial charge in [0.2, 0.25) is 5.91 Å². The van der Waals surface area contributed by atoms with Crippen LogP contribution in [0.3, 0.4) is 0 Å². The van der Waals surface area contributed by atoms with Crippen LogP contribution in [0.4, 0.5) is 10.1 Å². The Morgan fingerprint density at radius 1 is 1.39 bits per heavy atom. The Bertz CT molecular complexity index is 849. The minimum atomic E-state index is -0.479. The molecule has 0 unspecified atom stereocenters. The van der Waals surface area contributed by atoms with E-state index in [0.717, 1.165) is 5.69 Å². The molecule has 0 aliphatic rings. The van der Waals surface area contributed by atoms with Gasteiger partial charge in [-0.2, -0.15) is 5.10 Å². The molecule has 1 amide bonds. The fraction of sp³-hybridized carbons (Fsp3) is 0.400. The number of carbonyl (C=O) groups excluding carboxylic acids is 1. The monoisotopic (exact) mass is 409 g/mol. The summed E-state index contributed by atoms with van der Waals surface area (Å²) in [5.41, 5.74) is 1.64. The molecule has 1 N–H and O–H groups in total. The molecule has 0 aliphatic carbocycles. The van der Waals surface area contributed by atoms with Crippen molar-refractivity contribution in [1.29, 1.82) is 0 Å². The molecule has 152 valence electrons. The SMILES string of the molecule is COCCOc1ccc(F)cc1NC(=O)/C=C/c1c(C)nn(CC(C)C)c1Cl. The first-order valence-electron chi connectivity index (χ1n) is 8.95. The van der Waals surface area contributed by atoms with Gasteiger partial charge in [0.15, 0.2) is 0 Å². The number of ether oxygens (including phenoxy) is 2. The average Bonchev–Trinajstić information content (AvgIpc) is 2.88. The zero-order chi connectivity index (χ0) is 20.7. The molecule has 1 aromatic carbocycles. The highest BCUT2D eigenvalue weighted by Crippen LogP contribution is 2.26. The standard InChI is InChI=1S/C20H25ClFN3O3/c1-13(2)12-25-20(21)16(14(3)24-25)6-8-19(26)23-17-11-15(22)5-7-18(17)28-10-9-27-4/h5-8,11,13H,9-10,12H2,1-4H3,(H,23,26)/b8-6+. The number of aryl methyl sites for hydroxylation is 1. The van der Waals surface area contributed by atoms with E-state index in [0.29, 0.717) is 35.5 Å². The second-order valence-electron chi connectivity index (χ2n) is 6.67. The van der Waals surface area contributed by atoms with E-state index in [-0.39, 0.29) is 12.3 Å². The number of carbonyl (C=O) groups is 1. The van der Waals surface area contributed by atoms with Crippen LogP contribution in [-0.2, 0) is 16.1 Å². The first-order chi connectivity index (χ1) is 13.3. The van der Waals surface area contributed by atoms with Gasteiger partial charge in [0.05, 0.1) is 18.0 Å². The Hall–Kier alpha value is -2.38. The minimum Gasteiger partial charge on any atom is -0.489 e. The predicted molar refractivity (Wildman–Crippen MR) is 108 cm³/mol. The van der Waals surface area contributed by atoms with Crippen LogP contribution in [0.2, 0.25) is 5.15 Å². The smallest absolute Gasteiger partial charge is 0.248 e. The molecule has 2 aromatic rings. The maximum absolute atomic E-state index is 13.6. The summed E-state index contributed by atoms with van der Waals surface area (Å²) in [7, 11) is 1.55. The molecule has 0 bridgehead atoms. The Morgan fingerprint density at radius 3 is 2.82 bits per heavy atom. The summed E-state index contributed by atoms with van der Waals surface area (Å²) < 4.78 is 25.7. The van der Waals surface area contributed by atoms with Gasteiger partial charge in [-0.05, 0) is 31.1 Å². The fourth-order valence-corrected chi connectivity index (χ4v) is 2.82. The largest absolute Gasteiger partial charge is 0.489 e. The van der Waals surface area contributed by atoms with Crippen molar-refractivity contribution in [3.05, 3.63) is 46.5 Å². The van der Waals surface area contributed by atoms with Gasteiger partial charge in [-0.25, -0.2) is 4.39 Å². The molecule has 0 radical (unpaired) electrons. The Kier molecular flexibility index (Phi) is 8.02. The van der Waals surface area contributed by atoms with Crippen LogP contribution >= 0.6 is 11.6 Å². The molecule has 6 nitrogen and oxygen atoms in total. The molecule has 2 rings (SSSR count). The van der Waals surface area contributed by atoms with Crippen molar-refractivity contribution < 1.29 is 18.7 Å². The van der Waals surface area contributed by atoms with Gasteiger partial charge in [0.25, 0.3) is 0 Å². The zero-order valence-corrected chi connectivity index (χ0v) is 17.2. The molecule has 8 heteroatoms. The second kappa shape index (κ2) is 10.2. The van der Waals surface area contributed by atoms with E-state index in [1.54, 1.807) is 17.9 Å². The maximum atomic E-state index is 13.6. The van der Waals surface area contributed by atoms with Gasteiger partial charge in [-0.1, -0.05) is 25.4 Å².